The van der Waals surface area contributed by atoms with E-state index in [1.54, 1.807) is 12.1 Å². The van der Waals surface area contributed by atoms with Crippen molar-refractivity contribution in [1.82, 2.24) is 10.2 Å². The minimum absolute atomic E-state index is 0.0800. The number of benzene rings is 1. The lowest BCUT2D eigenvalue weighted by Crippen LogP contribution is -2.48. The van der Waals surface area contributed by atoms with Crippen LogP contribution in [0.25, 0.3) is 0 Å². The maximum atomic E-state index is 12.7. The fraction of sp³-hybridized carbons (Fsp3) is 0.625. The second-order valence-corrected chi connectivity index (χ2v) is 8.96. The molecular formula is C24H33N3O3. The molecule has 2 heterocycles. The molecular weight excluding hydrogens is 378 g/mol. The Balaban J connectivity index is 1.26. The molecule has 1 N–H and O–H groups in total. The van der Waals surface area contributed by atoms with E-state index in [1.165, 1.54) is 19.3 Å². The van der Waals surface area contributed by atoms with E-state index in [4.69, 9.17) is 0 Å². The highest BCUT2D eigenvalue weighted by molar-refractivity contribution is 5.97. The number of piperidine rings is 2. The van der Waals surface area contributed by atoms with Crippen LogP contribution < -0.4 is 10.2 Å². The van der Waals surface area contributed by atoms with Gasteiger partial charge in [0, 0.05) is 49.3 Å². The topological polar surface area (TPSA) is 69.7 Å². The fourth-order valence-corrected chi connectivity index (χ4v) is 4.99. The maximum absolute atomic E-state index is 12.7. The van der Waals surface area contributed by atoms with E-state index in [-0.39, 0.29) is 23.8 Å². The fourth-order valence-electron chi connectivity index (χ4n) is 4.99. The molecule has 2 saturated heterocycles. The molecule has 0 atom stereocenters. The Labute approximate surface area is 179 Å². The van der Waals surface area contributed by atoms with E-state index in [2.05, 4.69) is 5.32 Å². The lowest BCUT2D eigenvalue weighted by atomic mass is 9.87. The van der Waals surface area contributed by atoms with Crippen molar-refractivity contribution in [3.8, 4) is 0 Å². The maximum Gasteiger partial charge on any atom is 0.251 e. The Kier molecular flexibility index (Phi) is 6.70. The Morgan fingerprint density at radius 3 is 2.20 bits per heavy atom. The van der Waals surface area contributed by atoms with Crippen molar-refractivity contribution < 1.29 is 14.4 Å². The zero-order valence-electron chi connectivity index (χ0n) is 17.8. The summed E-state index contributed by atoms with van der Waals surface area (Å²) in [7, 11) is 0. The summed E-state index contributed by atoms with van der Waals surface area (Å²) in [5.74, 6) is 0.620. The van der Waals surface area contributed by atoms with Crippen LogP contribution in [0.3, 0.4) is 0 Å². The third-order valence-corrected chi connectivity index (χ3v) is 6.86. The summed E-state index contributed by atoms with van der Waals surface area (Å²) in [5, 5.41) is 3.12. The van der Waals surface area contributed by atoms with Crippen LogP contribution in [-0.2, 0) is 9.59 Å². The standard InChI is InChI=1S/C24H33N3O3/c28-22-8-4-5-15-27(22)21-11-9-18(10-12-21)23(29)25-20-13-16-26(17-14-20)24(30)19-6-2-1-3-7-19/h9-12,19-20H,1-8,13-17H2,(H,25,29). The van der Waals surface area contributed by atoms with Gasteiger partial charge in [0.05, 0.1) is 0 Å². The molecule has 6 heteroatoms. The average Bonchev–Trinajstić information content (AvgIpc) is 2.80. The molecule has 1 aromatic carbocycles. The predicted octanol–water partition coefficient (Wildman–Crippen LogP) is 3.50. The van der Waals surface area contributed by atoms with E-state index in [0.717, 1.165) is 63.8 Å². The van der Waals surface area contributed by atoms with Crippen LogP contribution in [0.15, 0.2) is 24.3 Å². The van der Waals surface area contributed by atoms with Gasteiger partial charge < -0.3 is 15.1 Å². The number of amides is 3. The highest BCUT2D eigenvalue weighted by atomic mass is 16.2. The molecule has 162 valence electrons. The Bertz CT molecular complexity index is 762. The number of carbonyl (C=O) groups is 3. The van der Waals surface area contributed by atoms with Crippen molar-refractivity contribution in [3.05, 3.63) is 29.8 Å². The van der Waals surface area contributed by atoms with E-state index in [0.29, 0.717) is 17.9 Å². The second kappa shape index (κ2) is 9.63. The van der Waals surface area contributed by atoms with Crippen molar-refractivity contribution in [2.75, 3.05) is 24.5 Å². The van der Waals surface area contributed by atoms with Crippen LogP contribution in [-0.4, -0.2) is 48.3 Å². The summed E-state index contributed by atoms with van der Waals surface area (Å²) in [5.41, 5.74) is 1.48. The molecule has 3 fully saturated rings. The number of hydrogen-bond donors (Lipinski definition) is 1. The molecule has 1 aliphatic carbocycles. The van der Waals surface area contributed by atoms with Gasteiger partial charge in [-0.05, 0) is 62.8 Å². The largest absolute Gasteiger partial charge is 0.349 e. The van der Waals surface area contributed by atoms with Crippen LogP contribution in [0.4, 0.5) is 5.69 Å². The number of hydrogen-bond acceptors (Lipinski definition) is 3. The molecule has 0 aromatic heterocycles. The Morgan fingerprint density at radius 1 is 0.833 bits per heavy atom. The zero-order chi connectivity index (χ0) is 20.9. The number of nitrogens with one attached hydrogen (secondary N) is 1. The smallest absolute Gasteiger partial charge is 0.251 e. The van der Waals surface area contributed by atoms with Crippen molar-refractivity contribution >= 4 is 23.4 Å². The van der Waals surface area contributed by atoms with Gasteiger partial charge in [-0.3, -0.25) is 14.4 Å². The lowest BCUT2D eigenvalue weighted by molar-refractivity contribution is -0.137. The number of nitrogens with zero attached hydrogens (tertiary/aromatic N) is 2. The SMILES string of the molecule is O=C(NC1CCN(C(=O)C2CCCCC2)CC1)c1ccc(N2CCCCC2=O)cc1. The predicted molar refractivity (Wildman–Crippen MR) is 116 cm³/mol. The van der Waals surface area contributed by atoms with Gasteiger partial charge in [-0.15, -0.1) is 0 Å². The molecule has 3 amide bonds. The summed E-state index contributed by atoms with van der Waals surface area (Å²) < 4.78 is 0. The molecule has 4 rings (SSSR count). The van der Waals surface area contributed by atoms with E-state index in [1.807, 2.05) is 21.9 Å². The van der Waals surface area contributed by atoms with Crippen molar-refractivity contribution in [1.29, 1.82) is 0 Å². The summed E-state index contributed by atoms with van der Waals surface area (Å²) in [4.78, 5) is 41.2. The minimum Gasteiger partial charge on any atom is -0.349 e. The van der Waals surface area contributed by atoms with E-state index < -0.39 is 0 Å². The summed E-state index contributed by atoms with van der Waals surface area (Å²) in [6.07, 6.45) is 9.88. The summed E-state index contributed by atoms with van der Waals surface area (Å²) in [6, 6.07) is 7.44. The number of carbonyl (C=O) groups excluding carboxylic acids is 3. The van der Waals surface area contributed by atoms with Crippen LogP contribution >= 0.6 is 0 Å². The molecule has 2 aliphatic heterocycles. The number of likely N-dealkylation sites (tertiary alicyclic amines) is 1. The van der Waals surface area contributed by atoms with Gasteiger partial charge in [-0.2, -0.15) is 0 Å². The Hall–Kier alpha value is -2.37. The number of anilines is 1. The molecule has 0 bridgehead atoms. The van der Waals surface area contributed by atoms with Gasteiger partial charge in [0.1, 0.15) is 0 Å². The molecule has 0 spiro atoms. The first-order chi connectivity index (χ1) is 14.6. The Morgan fingerprint density at radius 2 is 1.53 bits per heavy atom. The van der Waals surface area contributed by atoms with Crippen molar-refractivity contribution in [2.45, 2.75) is 70.3 Å². The van der Waals surface area contributed by atoms with Gasteiger partial charge >= 0.3 is 0 Å². The second-order valence-electron chi connectivity index (χ2n) is 8.96. The zero-order valence-corrected chi connectivity index (χ0v) is 17.8. The van der Waals surface area contributed by atoms with Gasteiger partial charge in [0.2, 0.25) is 11.8 Å². The highest BCUT2D eigenvalue weighted by Gasteiger charge is 2.29. The van der Waals surface area contributed by atoms with Gasteiger partial charge in [-0.25, -0.2) is 0 Å². The normalized spacial score (nSPS) is 21.5. The summed E-state index contributed by atoms with van der Waals surface area (Å²) >= 11 is 0. The van der Waals surface area contributed by atoms with Crippen molar-refractivity contribution in [2.24, 2.45) is 5.92 Å². The molecule has 1 aromatic rings. The highest BCUT2D eigenvalue weighted by Crippen LogP contribution is 2.27. The molecule has 30 heavy (non-hydrogen) atoms. The third-order valence-electron chi connectivity index (χ3n) is 6.86. The molecule has 0 radical (unpaired) electrons. The monoisotopic (exact) mass is 411 g/mol. The average molecular weight is 412 g/mol. The van der Waals surface area contributed by atoms with Gasteiger partial charge in [-0.1, -0.05) is 19.3 Å². The van der Waals surface area contributed by atoms with Crippen LogP contribution in [0.2, 0.25) is 0 Å². The molecule has 6 nitrogen and oxygen atoms in total. The summed E-state index contributed by atoms with van der Waals surface area (Å²) in [6.45, 7) is 2.22. The van der Waals surface area contributed by atoms with Gasteiger partial charge in [0.25, 0.3) is 5.91 Å². The molecule has 0 unspecified atom stereocenters. The molecule has 1 saturated carbocycles. The van der Waals surface area contributed by atoms with Gasteiger partial charge in [0.15, 0.2) is 0 Å². The molecule has 3 aliphatic rings. The minimum atomic E-state index is -0.0800. The number of rotatable bonds is 4. The lowest BCUT2D eigenvalue weighted by Gasteiger charge is -2.35. The van der Waals surface area contributed by atoms with Crippen LogP contribution in [0.5, 0.6) is 0 Å². The first-order valence-corrected chi connectivity index (χ1v) is 11.6. The third kappa shape index (κ3) is 4.85. The van der Waals surface area contributed by atoms with E-state index >= 15 is 0 Å². The van der Waals surface area contributed by atoms with Crippen LogP contribution in [0, 0.1) is 5.92 Å². The first-order valence-electron chi connectivity index (χ1n) is 11.6. The van der Waals surface area contributed by atoms with Crippen molar-refractivity contribution in [3.63, 3.8) is 0 Å². The first kappa shape index (κ1) is 20.9. The van der Waals surface area contributed by atoms with E-state index in [9.17, 15) is 14.4 Å². The van der Waals surface area contributed by atoms with Crippen LogP contribution in [0.1, 0.15) is 74.6 Å². The quantitative estimate of drug-likeness (QED) is 0.824.